The molecule has 4 nitrogen and oxygen atoms in total. The molecule has 2 bridgehead atoms. The van der Waals surface area contributed by atoms with E-state index in [0.717, 1.165) is 19.3 Å². The van der Waals surface area contributed by atoms with Crippen molar-refractivity contribution >= 4 is 31.7 Å². The van der Waals surface area contributed by atoms with Gasteiger partial charge in [0.2, 0.25) is 10.0 Å². The summed E-state index contributed by atoms with van der Waals surface area (Å²) >= 11 is 3.52. The number of hydrogen-bond donors (Lipinski definition) is 0. The Labute approximate surface area is 143 Å². The van der Waals surface area contributed by atoms with Crippen molar-refractivity contribution in [3.63, 3.8) is 0 Å². The van der Waals surface area contributed by atoms with Crippen molar-refractivity contribution in [3.05, 3.63) is 0 Å². The Morgan fingerprint density at radius 2 is 2.00 bits per heavy atom. The molecule has 0 N–H and O–H groups in total. The SMILES string of the molecule is CCC(Br)CN(CC)S(=O)(=O)CC12CCC(CC1=O)C2(C)C. The highest BCUT2D eigenvalue weighted by Gasteiger charge is 2.65. The summed E-state index contributed by atoms with van der Waals surface area (Å²) < 4.78 is 27.4. The normalized spacial score (nSPS) is 31.9. The van der Waals surface area contributed by atoms with Crippen LogP contribution in [0.4, 0.5) is 0 Å². The number of Topliss-reactive ketones (excluding diaryl/α,β-unsaturated/α-hetero) is 1. The summed E-state index contributed by atoms with van der Waals surface area (Å²) in [5.74, 6) is 0.503. The Morgan fingerprint density at radius 1 is 1.36 bits per heavy atom. The van der Waals surface area contributed by atoms with E-state index in [9.17, 15) is 13.2 Å². The highest BCUT2D eigenvalue weighted by atomic mass is 79.9. The lowest BCUT2D eigenvalue weighted by Gasteiger charge is -2.37. The third-order valence-electron chi connectivity index (χ3n) is 6.16. The zero-order valence-corrected chi connectivity index (χ0v) is 16.5. The van der Waals surface area contributed by atoms with E-state index in [-0.39, 0.29) is 21.8 Å². The van der Waals surface area contributed by atoms with Gasteiger partial charge < -0.3 is 0 Å². The Bertz CT molecular complexity index is 546. The first-order valence-electron chi connectivity index (χ1n) is 8.26. The van der Waals surface area contributed by atoms with Gasteiger partial charge in [-0.25, -0.2) is 12.7 Å². The maximum atomic E-state index is 12.9. The molecule has 2 rings (SSSR count). The van der Waals surface area contributed by atoms with Gasteiger partial charge in [0.15, 0.2) is 0 Å². The highest BCUT2D eigenvalue weighted by Crippen LogP contribution is 2.64. The van der Waals surface area contributed by atoms with Crippen molar-refractivity contribution < 1.29 is 13.2 Å². The highest BCUT2D eigenvalue weighted by molar-refractivity contribution is 9.09. The lowest BCUT2D eigenvalue weighted by molar-refractivity contribution is -0.128. The predicted octanol–water partition coefficient (Wildman–Crippen LogP) is 3.21. The molecule has 0 amide bonds. The quantitative estimate of drug-likeness (QED) is 0.623. The Balaban J connectivity index is 2.26. The minimum atomic E-state index is -3.43. The van der Waals surface area contributed by atoms with Gasteiger partial charge in [-0.2, -0.15) is 0 Å². The molecule has 3 unspecified atom stereocenters. The number of nitrogens with zero attached hydrogens (tertiary/aromatic N) is 1. The molecule has 0 aromatic carbocycles. The molecule has 0 spiro atoms. The van der Waals surface area contributed by atoms with Gasteiger partial charge in [0.1, 0.15) is 5.78 Å². The predicted molar refractivity (Wildman–Crippen MR) is 92.6 cm³/mol. The molecule has 3 atom stereocenters. The van der Waals surface area contributed by atoms with Crippen LogP contribution in [0.15, 0.2) is 0 Å². The smallest absolute Gasteiger partial charge is 0.215 e. The lowest BCUT2D eigenvalue weighted by Crippen LogP contribution is -2.47. The van der Waals surface area contributed by atoms with Crippen LogP contribution in [0.3, 0.4) is 0 Å². The first kappa shape index (κ1) is 18.4. The van der Waals surface area contributed by atoms with Crippen LogP contribution in [-0.4, -0.2) is 42.2 Å². The van der Waals surface area contributed by atoms with Crippen molar-refractivity contribution in [2.45, 2.75) is 58.2 Å². The molecule has 22 heavy (non-hydrogen) atoms. The van der Waals surface area contributed by atoms with Crippen LogP contribution in [0.1, 0.15) is 53.4 Å². The summed E-state index contributed by atoms with van der Waals surface area (Å²) in [6.07, 6.45) is 3.15. The summed E-state index contributed by atoms with van der Waals surface area (Å²) in [4.78, 5) is 12.7. The Morgan fingerprint density at radius 3 is 2.41 bits per heavy atom. The average Bonchev–Trinajstić information content (AvgIpc) is 2.77. The first-order chi connectivity index (χ1) is 10.1. The van der Waals surface area contributed by atoms with Crippen molar-refractivity contribution in [3.8, 4) is 0 Å². The average molecular weight is 394 g/mol. The van der Waals surface area contributed by atoms with Gasteiger partial charge >= 0.3 is 0 Å². The van der Waals surface area contributed by atoms with Gasteiger partial charge in [0.05, 0.1) is 5.75 Å². The second-order valence-electron chi connectivity index (χ2n) is 7.38. The molecule has 2 fully saturated rings. The van der Waals surface area contributed by atoms with Gasteiger partial charge in [0, 0.05) is 29.8 Å². The molecular formula is C16H28BrNO3S. The third-order valence-corrected chi connectivity index (χ3v) is 9.15. The van der Waals surface area contributed by atoms with E-state index in [4.69, 9.17) is 0 Å². The third kappa shape index (κ3) is 2.80. The van der Waals surface area contributed by atoms with E-state index >= 15 is 0 Å². The molecule has 0 saturated heterocycles. The van der Waals surface area contributed by atoms with E-state index in [2.05, 4.69) is 29.8 Å². The minimum absolute atomic E-state index is 0.0143. The Hall–Kier alpha value is 0.0600. The number of carbonyl (C=O) groups excluding carboxylic acids is 1. The summed E-state index contributed by atoms with van der Waals surface area (Å²) in [5.41, 5.74) is -0.868. The van der Waals surface area contributed by atoms with E-state index < -0.39 is 15.4 Å². The van der Waals surface area contributed by atoms with Crippen LogP contribution >= 0.6 is 15.9 Å². The standard InChI is InChI=1S/C16H28BrNO3S/c1-5-13(17)10-18(6-2)22(20,21)11-16-8-7-12(9-14(16)19)15(16,3)4/h12-13H,5-11H2,1-4H3. The molecule has 0 radical (unpaired) electrons. The molecular weight excluding hydrogens is 366 g/mol. The second-order valence-corrected chi connectivity index (χ2v) is 10.6. The molecule has 2 saturated carbocycles. The molecule has 0 aromatic heterocycles. The van der Waals surface area contributed by atoms with Gasteiger partial charge in [-0.15, -0.1) is 0 Å². The molecule has 2 aliphatic rings. The van der Waals surface area contributed by atoms with E-state index in [1.807, 2.05) is 13.8 Å². The Kier molecular flexibility index (Phi) is 5.16. The van der Waals surface area contributed by atoms with Gasteiger partial charge in [-0.3, -0.25) is 4.79 Å². The number of ketones is 1. The topological polar surface area (TPSA) is 54.5 Å². The monoisotopic (exact) mass is 393 g/mol. The number of alkyl halides is 1. The number of sulfonamides is 1. The minimum Gasteiger partial charge on any atom is -0.299 e. The summed E-state index contributed by atoms with van der Waals surface area (Å²) in [5, 5.41) is 0. The molecule has 2 aliphatic carbocycles. The largest absolute Gasteiger partial charge is 0.299 e. The summed E-state index contributed by atoms with van der Waals surface area (Å²) in [6.45, 7) is 9.00. The van der Waals surface area contributed by atoms with Crippen LogP contribution < -0.4 is 0 Å². The van der Waals surface area contributed by atoms with Crippen LogP contribution in [-0.2, 0) is 14.8 Å². The fourth-order valence-electron chi connectivity index (χ4n) is 4.30. The number of hydrogen-bond acceptors (Lipinski definition) is 3. The summed E-state index contributed by atoms with van der Waals surface area (Å²) in [6, 6.07) is 0. The maximum Gasteiger partial charge on any atom is 0.215 e. The first-order valence-corrected chi connectivity index (χ1v) is 10.8. The number of carbonyl (C=O) groups is 1. The lowest BCUT2D eigenvalue weighted by atomic mass is 9.70. The van der Waals surface area contributed by atoms with Crippen LogP contribution in [0.5, 0.6) is 0 Å². The zero-order chi connectivity index (χ0) is 16.8. The van der Waals surface area contributed by atoms with Gasteiger partial charge in [-0.05, 0) is 30.6 Å². The fraction of sp³-hybridized carbons (Fsp3) is 0.938. The number of rotatable bonds is 7. The van der Waals surface area contributed by atoms with Crippen molar-refractivity contribution in [1.82, 2.24) is 4.31 Å². The second kappa shape index (κ2) is 6.17. The zero-order valence-electron chi connectivity index (χ0n) is 14.1. The van der Waals surface area contributed by atoms with Crippen LogP contribution in [0.25, 0.3) is 0 Å². The van der Waals surface area contributed by atoms with E-state index in [0.29, 0.717) is 25.4 Å². The van der Waals surface area contributed by atoms with Gasteiger partial charge in [0.25, 0.3) is 0 Å². The van der Waals surface area contributed by atoms with Crippen LogP contribution in [0.2, 0.25) is 0 Å². The van der Waals surface area contributed by atoms with Crippen molar-refractivity contribution in [2.75, 3.05) is 18.8 Å². The van der Waals surface area contributed by atoms with E-state index in [1.54, 1.807) is 4.31 Å². The van der Waals surface area contributed by atoms with Gasteiger partial charge in [-0.1, -0.05) is 43.6 Å². The van der Waals surface area contributed by atoms with Crippen molar-refractivity contribution in [1.29, 1.82) is 0 Å². The summed E-state index contributed by atoms with van der Waals surface area (Å²) in [7, 11) is -3.43. The molecule has 0 aromatic rings. The molecule has 128 valence electrons. The molecule has 6 heteroatoms. The molecule has 0 heterocycles. The number of halogens is 1. The number of fused-ring (bicyclic) bond motifs is 2. The molecule has 0 aliphatic heterocycles. The fourth-order valence-corrected chi connectivity index (χ4v) is 7.12. The van der Waals surface area contributed by atoms with E-state index in [1.165, 1.54) is 0 Å². The van der Waals surface area contributed by atoms with Crippen molar-refractivity contribution in [2.24, 2.45) is 16.7 Å². The van der Waals surface area contributed by atoms with Crippen LogP contribution in [0, 0.1) is 16.7 Å². The maximum absolute atomic E-state index is 12.9.